The van der Waals surface area contributed by atoms with E-state index in [4.69, 9.17) is 14.2 Å². The van der Waals surface area contributed by atoms with Gasteiger partial charge in [-0.2, -0.15) is 0 Å². The van der Waals surface area contributed by atoms with Gasteiger partial charge in [0.1, 0.15) is 19.0 Å². The molecule has 43 heavy (non-hydrogen) atoms. The van der Waals surface area contributed by atoms with E-state index in [-0.39, 0.29) is 5.56 Å². The lowest BCUT2D eigenvalue weighted by atomic mass is 10.1. The van der Waals surface area contributed by atoms with Gasteiger partial charge >= 0.3 is 0 Å². The number of benzene rings is 2. The summed E-state index contributed by atoms with van der Waals surface area (Å²) in [6.45, 7) is 12.7. The zero-order chi connectivity index (χ0) is 30.9. The van der Waals surface area contributed by atoms with Crippen LogP contribution >= 0.6 is 0 Å². The molecule has 0 N–H and O–H groups in total. The van der Waals surface area contributed by atoms with Crippen molar-refractivity contribution in [1.29, 1.82) is 0 Å². The smallest absolute Gasteiger partial charge is 0.297 e. The highest BCUT2D eigenvalue weighted by Gasteiger charge is 2.20. The van der Waals surface area contributed by atoms with Gasteiger partial charge in [-0.1, -0.05) is 99.9 Å². The van der Waals surface area contributed by atoms with Crippen LogP contribution in [0.4, 0.5) is 0 Å². The average Bonchev–Trinajstić information content (AvgIpc) is 3.00. The Kier molecular flexibility index (Phi) is 15.0. The third-order valence-corrected chi connectivity index (χ3v) is 7.63. The van der Waals surface area contributed by atoms with Crippen LogP contribution in [0, 0.1) is 0 Å². The molecule has 0 unspecified atom stereocenters. The van der Waals surface area contributed by atoms with Gasteiger partial charge < -0.3 is 18.8 Å². The lowest BCUT2D eigenvalue weighted by Crippen LogP contribution is -2.24. The first-order chi connectivity index (χ1) is 20.9. The van der Waals surface area contributed by atoms with Crippen molar-refractivity contribution in [1.82, 2.24) is 4.57 Å². The second-order valence-corrected chi connectivity index (χ2v) is 11.7. The minimum atomic E-state index is -0.128. The van der Waals surface area contributed by atoms with Crippen molar-refractivity contribution in [3.05, 3.63) is 87.7 Å². The van der Waals surface area contributed by atoms with Crippen molar-refractivity contribution < 1.29 is 14.2 Å². The Morgan fingerprint density at radius 1 is 0.791 bits per heavy atom. The van der Waals surface area contributed by atoms with E-state index in [2.05, 4.69) is 58.9 Å². The molecule has 234 valence electrons. The van der Waals surface area contributed by atoms with Gasteiger partial charge in [0.25, 0.3) is 5.56 Å². The van der Waals surface area contributed by atoms with E-state index in [9.17, 15) is 4.79 Å². The summed E-state index contributed by atoms with van der Waals surface area (Å²) in [6, 6.07) is 16.1. The van der Waals surface area contributed by atoms with Crippen LogP contribution in [0.25, 0.3) is 10.9 Å². The fraction of sp³-hybridized carbons (Fsp3) is 0.500. The summed E-state index contributed by atoms with van der Waals surface area (Å²) in [4.78, 5) is 14.1. The van der Waals surface area contributed by atoms with Crippen LogP contribution < -0.4 is 19.8 Å². The summed E-state index contributed by atoms with van der Waals surface area (Å²) >= 11 is 0. The highest BCUT2D eigenvalue weighted by molar-refractivity contribution is 5.89. The van der Waals surface area contributed by atoms with Crippen LogP contribution in [-0.4, -0.2) is 17.8 Å². The molecule has 0 bridgehead atoms. The zero-order valence-electron chi connectivity index (χ0n) is 27.3. The molecule has 0 aliphatic heterocycles. The Morgan fingerprint density at radius 2 is 1.53 bits per heavy atom. The summed E-state index contributed by atoms with van der Waals surface area (Å²) in [5.41, 5.74) is 4.40. The minimum Gasteiger partial charge on any atom is -0.489 e. The van der Waals surface area contributed by atoms with Gasteiger partial charge in [0.15, 0.2) is 5.75 Å². The molecule has 0 spiro atoms. The molecule has 3 aromatic rings. The van der Waals surface area contributed by atoms with Crippen LogP contribution in [0.5, 0.6) is 17.2 Å². The summed E-state index contributed by atoms with van der Waals surface area (Å²) in [6.07, 6.45) is 15.2. The number of hydrogen-bond acceptors (Lipinski definition) is 4. The zero-order valence-corrected chi connectivity index (χ0v) is 27.3. The van der Waals surface area contributed by atoms with Crippen molar-refractivity contribution in [3.8, 4) is 17.2 Å². The van der Waals surface area contributed by atoms with E-state index < -0.39 is 0 Å². The second-order valence-electron chi connectivity index (χ2n) is 11.7. The molecule has 0 amide bonds. The molecule has 1 aromatic heterocycles. The van der Waals surface area contributed by atoms with Gasteiger partial charge in [0.2, 0.25) is 5.75 Å². The van der Waals surface area contributed by atoms with E-state index in [0.717, 1.165) is 60.7 Å². The molecule has 0 aliphatic rings. The molecule has 5 nitrogen and oxygen atoms in total. The molecule has 1 heterocycles. The SMILES string of the molecule is CCCCCCCCn1c(=O)c(OCCCC)c(OC/C=C(\C)CCC=C(C)C)c2ccc(OCc3ccccc3)cc21. The Labute approximate surface area is 259 Å². The molecule has 0 atom stereocenters. The Bertz CT molecular complexity index is 1370. The van der Waals surface area contributed by atoms with Crippen molar-refractivity contribution in [2.45, 2.75) is 112 Å². The molecule has 3 rings (SSSR count). The fourth-order valence-corrected chi connectivity index (χ4v) is 5.03. The number of aromatic nitrogens is 1. The first kappa shape index (κ1) is 34.0. The van der Waals surface area contributed by atoms with Crippen LogP contribution in [-0.2, 0) is 13.2 Å². The first-order valence-corrected chi connectivity index (χ1v) is 16.4. The van der Waals surface area contributed by atoms with Crippen molar-refractivity contribution in [3.63, 3.8) is 0 Å². The lowest BCUT2D eigenvalue weighted by Gasteiger charge is -2.19. The van der Waals surface area contributed by atoms with Crippen LogP contribution in [0.15, 0.2) is 76.6 Å². The first-order valence-electron chi connectivity index (χ1n) is 16.4. The molecule has 5 heteroatoms. The Hall–Kier alpha value is -3.47. The maximum atomic E-state index is 14.1. The van der Waals surface area contributed by atoms with Crippen LogP contribution in [0.3, 0.4) is 0 Å². The number of ether oxygens (including phenoxy) is 3. The van der Waals surface area contributed by atoms with E-state index in [1.807, 2.05) is 41.0 Å². The van der Waals surface area contributed by atoms with Crippen molar-refractivity contribution >= 4 is 10.9 Å². The predicted molar refractivity (Wildman–Crippen MR) is 181 cm³/mol. The number of hydrogen-bond donors (Lipinski definition) is 0. The largest absolute Gasteiger partial charge is 0.489 e. The predicted octanol–water partition coefficient (Wildman–Crippen LogP) is 10.2. The van der Waals surface area contributed by atoms with Crippen LogP contribution in [0.2, 0.25) is 0 Å². The third kappa shape index (κ3) is 11.3. The van der Waals surface area contributed by atoms with E-state index in [1.165, 1.54) is 36.8 Å². The molecule has 0 saturated heterocycles. The van der Waals surface area contributed by atoms with Gasteiger partial charge in [0, 0.05) is 18.0 Å². The van der Waals surface area contributed by atoms with E-state index >= 15 is 0 Å². The molecular weight excluding hydrogens is 534 g/mol. The topological polar surface area (TPSA) is 49.7 Å². The molecule has 0 fully saturated rings. The summed E-state index contributed by atoms with van der Waals surface area (Å²) in [5, 5.41) is 0.875. The van der Waals surface area contributed by atoms with Crippen molar-refractivity contribution in [2.75, 3.05) is 13.2 Å². The third-order valence-electron chi connectivity index (χ3n) is 7.63. The molecule has 0 radical (unpaired) electrons. The van der Waals surface area contributed by atoms with Gasteiger partial charge in [-0.05, 0) is 70.2 Å². The highest BCUT2D eigenvalue weighted by Crippen LogP contribution is 2.35. The average molecular weight is 588 g/mol. The maximum Gasteiger partial charge on any atom is 0.297 e. The summed E-state index contributed by atoms with van der Waals surface area (Å²) in [5.74, 6) is 1.58. The maximum absolute atomic E-state index is 14.1. The van der Waals surface area contributed by atoms with Gasteiger partial charge in [-0.25, -0.2) is 0 Å². The van der Waals surface area contributed by atoms with Crippen molar-refractivity contribution in [2.24, 2.45) is 0 Å². The van der Waals surface area contributed by atoms with E-state index in [1.54, 1.807) is 0 Å². The Morgan fingerprint density at radius 3 is 2.28 bits per heavy atom. The molecular formula is C38H53NO4. The fourth-order valence-electron chi connectivity index (χ4n) is 5.03. The number of pyridine rings is 1. The monoisotopic (exact) mass is 587 g/mol. The number of rotatable bonds is 20. The summed E-state index contributed by atoms with van der Waals surface area (Å²) < 4.78 is 20.6. The van der Waals surface area contributed by atoms with Gasteiger partial charge in [-0.3, -0.25) is 4.79 Å². The summed E-state index contributed by atoms with van der Waals surface area (Å²) in [7, 11) is 0. The number of nitrogens with zero attached hydrogens (tertiary/aromatic N) is 1. The van der Waals surface area contributed by atoms with Crippen LogP contribution in [0.1, 0.15) is 104 Å². The number of unbranched alkanes of at least 4 members (excludes halogenated alkanes) is 6. The molecule has 0 saturated carbocycles. The van der Waals surface area contributed by atoms with Gasteiger partial charge in [-0.15, -0.1) is 0 Å². The second kappa shape index (κ2) is 18.9. The number of aryl methyl sites for hydroxylation is 1. The quantitative estimate of drug-likeness (QED) is 0.0975. The lowest BCUT2D eigenvalue weighted by molar-refractivity contribution is 0.274. The Balaban J connectivity index is 1.96. The normalized spacial score (nSPS) is 11.5. The number of allylic oxidation sites excluding steroid dienone is 3. The molecule has 0 aliphatic carbocycles. The number of fused-ring (bicyclic) bond motifs is 1. The minimum absolute atomic E-state index is 0.128. The molecule has 2 aromatic carbocycles. The van der Waals surface area contributed by atoms with Gasteiger partial charge in [0.05, 0.1) is 12.1 Å². The highest BCUT2D eigenvalue weighted by atomic mass is 16.5. The standard InChI is InChI=1S/C38H53NO4/c1-6-8-10-11-12-16-25-39-35-28-33(43-29-32-20-14-13-15-21-32)22-23-34(35)36(37(38(39)40)41-26-9-7-2)42-27-24-31(5)19-17-18-30(3)4/h13-15,18,20-24,28H,6-12,16-17,19,25-27,29H2,1-5H3/b31-24+. The van der Waals surface area contributed by atoms with E-state index in [0.29, 0.717) is 37.9 Å².